The number of nitrogens with zero attached hydrogens (tertiary/aromatic N) is 2. The molecular formula is C24H27ClN2O5S. The van der Waals surface area contributed by atoms with Crippen LogP contribution in [0.3, 0.4) is 0 Å². The number of aliphatic hydroxyl groups excluding tert-OH is 1. The first-order valence-corrected chi connectivity index (χ1v) is 12.2. The monoisotopic (exact) mass is 490 g/mol. The van der Waals surface area contributed by atoms with E-state index in [0.29, 0.717) is 16.5 Å². The summed E-state index contributed by atoms with van der Waals surface area (Å²) in [6, 6.07) is 17.5. The number of rotatable bonds is 10. The maximum absolute atomic E-state index is 13.6. The average Bonchev–Trinajstić information content (AvgIpc) is 2.84. The first-order valence-electron chi connectivity index (χ1n) is 10.3. The molecule has 3 rings (SSSR count). The van der Waals surface area contributed by atoms with E-state index in [2.05, 4.69) is 4.98 Å². The molecule has 2 unspecified atom stereocenters. The first kappa shape index (κ1) is 25.0. The van der Waals surface area contributed by atoms with Crippen LogP contribution in [0, 0.1) is 0 Å². The second kappa shape index (κ2) is 11.0. The molecule has 0 bridgehead atoms. The summed E-state index contributed by atoms with van der Waals surface area (Å²) in [4.78, 5) is 4.09. The minimum atomic E-state index is -3.94. The van der Waals surface area contributed by atoms with Crippen LogP contribution in [0.15, 0.2) is 66.9 Å². The standard InChI is InChI=1S/C24H27ClN2O5S/c1-17(24(28)23-13-8-20(25)14-26-23)33(29,30)27(15-18-4-9-21(31-2)10-5-18)16-19-6-11-22(32-3)12-7-19/h4-14,17,24,28H,15-16H2,1-3H3. The fourth-order valence-corrected chi connectivity index (χ4v) is 5.01. The van der Waals surface area contributed by atoms with Crippen molar-refractivity contribution in [2.75, 3.05) is 14.2 Å². The summed E-state index contributed by atoms with van der Waals surface area (Å²) in [5.74, 6) is 1.36. The van der Waals surface area contributed by atoms with E-state index in [1.807, 2.05) is 24.3 Å². The minimum absolute atomic E-state index is 0.128. The molecule has 0 aliphatic carbocycles. The van der Waals surface area contributed by atoms with Crippen LogP contribution in [0.25, 0.3) is 0 Å². The smallest absolute Gasteiger partial charge is 0.220 e. The van der Waals surface area contributed by atoms with Crippen LogP contribution >= 0.6 is 11.6 Å². The Balaban J connectivity index is 1.91. The van der Waals surface area contributed by atoms with Crippen molar-refractivity contribution < 1.29 is 23.0 Å². The van der Waals surface area contributed by atoms with Crippen molar-refractivity contribution in [3.63, 3.8) is 0 Å². The van der Waals surface area contributed by atoms with Gasteiger partial charge in [0.05, 0.1) is 24.9 Å². The summed E-state index contributed by atoms with van der Waals surface area (Å²) < 4.78 is 39.0. The topological polar surface area (TPSA) is 89.0 Å². The van der Waals surface area contributed by atoms with Crippen LogP contribution in [0.1, 0.15) is 29.8 Å². The summed E-state index contributed by atoms with van der Waals surface area (Å²) in [5, 5.41) is 10.1. The van der Waals surface area contributed by atoms with Crippen LogP contribution in [0.4, 0.5) is 0 Å². The van der Waals surface area contributed by atoms with Gasteiger partial charge in [0.1, 0.15) is 22.9 Å². The number of methoxy groups -OCH3 is 2. The largest absolute Gasteiger partial charge is 0.497 e. The number of aromatic nitrogens is 1. The van der Waals surface area contributed by atoms with Crippen LogP contribution < -0.4 is 9.47 Å². The second-order valence-corrected chi connectivity index (χ2v) is 10.3. The maximum Gasteiger partial charge on any atom is 0.220 e. The van der Waals surface area contributed by atoms with Crippen molar-refractivity contribution in [3.8, 4) is 11.5 Å². The van der Waals surface area contributed by atoms with Gasteiger partial charge in [0.25, 0.3) is 0 Å². The van der Waals surface area contributed by atoms with Crippen molar-refractivity contribution >= 4 is 21.6 Å². The third-order valence-electron chi connectivity index (χ3n) is 5.36. The lowest BCUT2D eigenvalue weighted by Crippen LogP contribution is -2.39. The van der Waals surface area contributed by atoms with Gasteiger partial charge in [-0.1, -0.05) is 35.9 Å². The molecule has 7 nitrogen and oxygen atoms in total. The van der Waals surface area contributed by atoms with E-state index in [-0.39, 0.29) is 18.8 Å². The number of hydrogen-bond donors (Lipinski definition) is 1. The molecule has 0 aliphatic heterocycles. The molecule has 0 radical (unpaired) electrons. The Bertz CT molecular complexity index is 1090. The molecule has 0 saturated heterocycles. The molecule has 0 saturated carbocycles. The van der Waals surface area contributed by atoms with Crippen LogP contribution in [0.2, 0.25) is 5.02 Å². The van der Waals surface area contributed by atoms with Crippen molar-refractivity contribution in [2.45, 2.75) is 31.4 Å². The van der Waals surface area contributed by atoms with E-state index in [0.717, 1.165) is 11.1 Å². The summed E-state index contributed by atoms with van der Waals surface area (Å²) in [5.41, 5.74) is 1.82. The van der Waals surface area contributed by atoms with Crippen LogP contribution in [-0.4, -0.2) is 42.3 Å². The number of pyridine rings is 1. The number of aliphatic hydroxyl groups is 1. The molecule has 9 heteroatoms. The van der Waals surface area contributed by atoms with E-state index in [9.17, 15) is 13.5 Å². The molecular weight excluding hydrogens is 464 g/mol. The van der Waals surface area contributed by atoms with Gasteiger partial charge in [0, 0.05) is 19.3 Å². The summed E-state index contributed by atoms with van der Waals surface area (Å²) in [6.45, 7) is 1.73. The van der Waals surface area contributed by atoms with Gasteiger partial charge < -0.3 is 14.6 Å². The quantitative estimate of drug-likeness (QED) is 0.458. The third kappa shape index (κ3) is 6.23. The van der Waals surface area contributed by atoms with Crippen molar-refractivity contribution in [1.82, 2.24) is 9.29 Å². The molecule has 2 aromatic carbocycles. The highest BCUT2D eigenvalue weighted by Gasteiger charge is 2.35. The Labute approximate surface area is 199 Å². The summed E-state index contributed by atoms with van der Waals surface area (Å²) in [6.07, 6.45) is 0.0628. The average molecular weight is 491 g/mol. The van der Waals surface area contributed by atoms with E-state index in [1.165, 1.54) is 23.5 Å². The van der Waals surface area contributed by atoms with Gasteiger partial charge in [-0.15, -0.1) is 0 Å². The molecule has 0 fully saturated rings. The zero-order valence-electron chi connectivity index (χ0n) is 18.7. The van der Waals surface area contributed by atoms with Crippen LogP contribution in [-0.2, 0) is 23.1 Å². The highest BCUT2D eigenvalue weighted by molar-refractivity contribution is 7.89. The molecule has 1 aromatic heterocycles. The molecule has 176 valence electrons. The molecule has 1 heterocycles. The lowest BCUT2D eigenvalue weighted by molar-refractivity contribution is 0.167. The summed E-state index contributed by atoms with van der Waals surface area (Å²) in [7, 11) is -0.793. The Morgan fingerprint density at radius 2 is 1.39 bits per heavy atom. The number of ether oxygens (including phenoxy) is 2. The van der Waals surface area contributed by atoms with E-state index in [4.69, 9.17) is 21.1 Å². The van der Waals surface area contributed by atoms with Gasteiger partial charge in [-0.25, -0.2) is 8.42 Å². The van der Waals surface area contributed by atoms with E-state index in [1.54, 1.807) is 44.6 Å². The Morgan fingerprint density at radius 1 is 0.909 bits per heavy atom. The molecule has 1 N–H and O–H groups in total. The fraction of sp³-hybridized carbons (Fsp3) is 0.292. The fourth-order valence-electron chi connectivity index (χ4n) is 3.31. The lowest BCUT2D eigenvalue weighted by atomic mass is 10.2. The van der Waals surface area contributed by atoms with Crippen molar-refractivity contribution in [1.29, 1.82) is 0 Å². The van der Waals surface area contributed by atoms with Gasteiger partial charge in [0.15, 0.2) is 0 Å². The van der Waals surface area contributed by atoms with Gasteiger partial charge >= 0.3 is 0 Å². The molecule has 0 aliphatic rings. The van der Waals surface area contributed by atoms with E-state index < -0.39 is 21.4 Å². The zero-order valence-corrected chi connectivity index (χ0v) is 20.3. The Kier molecular flexibility index (Phi) is 8.31. The molecule has 0 amide bonds. The zero-order chi connectivity index (χ0) is 24.0. The predicted octanol–water partition coefficient (Wildman–Crippen LogP) is 4.21. The van der Waals surface area contributed by atoms with Crippen molar-refractivity contribution in [3.05, 3.63) is 88.7 Å². The van der Waals surface area contributed by atoms with Crippen LogP contribution in [0.5, 0.6) is 11.5 Å². The third-order valence-corrected chi connectivity index (χ3v) is 7.76. The normalized spacial score (nSPS) is 13.5. The number of benzene rings is 2. The van der Waals surface area contributed by atoms with Gasteiger partial charge in [-0.05, 0) is 54.4 Å². The molecule has 0 spiro atoms. The Morgan fingerprint density at radius 3 is 1.79 bits per heavy atom. The molecule has 3 aromatic rings. The first-order chi connectivity index (χ1) is 15.7. The SMILES string of the molecule is COc1ccc(CN(Cc2ccc(OC)cc2)S(=O)(=O)C(C)C(O)c2ccc(Cl)cn2)cc1. The number of sulfonamides is 1. The summed E-state index contributed by atoms with van der Waals surface area (Å²) >= 11 is 5.87. The number of halogens is 1. The van der Waals surface area contributed by atoms with E-state index >= 15 is 0 Å². The Hall–Kier alpha value is -2.65. The van der Waals surface area contributed by atoms with Gasteiger partial charge in [-0.3, -0.25) is 4.98 Å². The predicted molar refractivity (Wildman–Crippen MR) is 128 cm³/mol. The van der Waals surface area contributed by atoms with Gasteiger partial charge in [-0.2, -0.15) is 4.31 Å². The molecule has 2 atom stereocenters. The molecule has 33 heavy (non-hydrogen) atoms. The minimum Gasteiger partial charge on any atom is -0.497 e. The number of hydrogen-bond acceptors (Lipinski definition) is 6. The second-order valence-electron chi connectivity index (χ2n) is 7.56. The maximum atomic E-state index is 13.6. The van der Waals surface area contributed by atoms with Gasteiger partial charge in [0.2, 0.25) is 10.0 Å². The highest BCUT2D eigenvalue weighted by Crippen LogP contribution is 2.27. The van der Waals surface area contributed by atoms with Crippen molar-refractivity contribution in [2.24, 2.45) is 0 Å². The lowest BCUT2D eigenvalue weighted by Gasteiger charge is -2.28. The highest BCUT2D eigenvalue weighted by atomic mass is 35.5.